The number of likely N-dealkylation sites (N-methyl/N-ethyl adjacent to an activating group) is 1. The lowest BCUT2D eigenvalue weighted by Gasteiger charge is -2.13. The number of para-hydroxylation sites is 1. The minimum Gasteiger partial charge on any atom is -0.483 e. The van der Waals surface area contributed by atoms with Crippen LogP contribution in [-0.2, 0) is 11.2 Å². The third-order valence-electron chi connectivity index (χ3n) is 4.76. The summed E-state index contributed by atoms with van der Waals surface area (Å²) >= 11 is 1.43. The summed E-state index contributed by atoms with van der Waals surface area (Å²) in [4.78, 5) is 31.8. The maximum atomic E-state index is 12.9. The van der Waals surface area contributed by atoms with Gasteiger partial charge in [0, 0.05) is 24.5 Å². The molecule has 6 nitrogen and oxygen atoms in total. The smallest absolute Gasteiger partial charge is 0.261 e. The molecular weight excluding hydrogens is 410 g/mol. The highest BCUT2D eigenvalue weighted by Gasteiger charge is 2.17. The van der Waals surface area contributed by atoms with Crippen LogP contribution in [-0.4, -0.2) is 42.4 Å². The van der Waals surface area contributed by atoms with Crippen molar-refractivity contribution in [3.8, 4) is 17.0 Å². The first-order chi connectivity index (χ1) is 14.9. The molecule has 0 bridgehead atoms. The molecule has 0 saturated heterocycles. The zero-order chi connectivity index (χ0) is 22.4. The number of aryl methyl sites for hydroxylation is 2. The van der Waals surface area contributed by atoms with E-state index in [2.05, 4.69) is 41.5 Å². The van der Waals surface area contributed by atoms with Crippen LogP contribution in [0.2, 0.25) is 0 Å². The van der Waals surface area contributed by atoms with Crippen molar-refractivity contribution >= 4 is 28.3 Å². The van der Waals surface area contributed by atoms with Crippen LogP contribution in [0, 0.1) is 6.92 Å². The Morgan fingerprint density at radius 3 is 2.48 bits per heavy atom. The van der Waals surface area contributed by atoms with Crippen LogP contribution in [0.3, 0.4) is 0 Å². The van der Waals surface area contributed by atoms with Gasteiger partial charge in [0.15, 0.2) is 11.7 Å². The Bertz CT molecular complexity index is 1060. The summed E-state index contributed by atoms with van der Waals surface area (Å²) in [5.41, 5.74) is 3.55. The van der Waals surface area contributed by atoms with Crippen molar-refractivity contribution in [2.75, 3.05) is 26.0 Å². The van der Waals surface area contributed by atoms with Crippen LogP contribution in [0.5, 0.6) is 5.75 Å². The van der Waals surface area contributed by atoms with Crippen LogP contribution in [0.15, 0.2) is 48.5 Å². The van der Waals surface area contributed by atoms with Gasteiger partial charge in [0.1, 0.15) is 5.75 Å². The van der Waals surface area contributed by atoms with Crippen molar-refractivity contribution in [2.24, 2.45) is 0 Å². The number of carbonyl (C=O) groups is 2. The Balaban J connectivity index is 1.74. The summed E-state index contributed by atoms with van der Waals surface area (Å²) < 4.78 is 5.58. The molecule has 3 aromatic rings. The molecule has 31 heavy (non-hydrogen) atoms. The fourth-order valence-electron chi connectivity index (χ4n) is 3.05. The third kappa shape index (κ3) is 5.70. The maximum Gasteiger partial charge on any atom is 0.261 e. The lowest BCUT2D eigenvalue weighted by molar-refractivity contribution is -0.130. The molecule has 0 aliphatic rings. The van der Waals surface area contributed by atoms with E-state index in [0.29, 0.717) is 16.4 Å². The summed E-state index contributed by atoms with van der Waals surface area (Å²) in [6.07, 6.45) is 2.17. The van der Waals surface area contributed by atoms with Crippen LogP contribution in [0.4, 0.5) is 5.13 Å². The summed E-state index contributed by atoms with van der Waals surface area (Å²) in [6.45, 7) is 4.02. The van der Waals surface area contributed by atoms with Crippen LogP contribution >= 0.6 is 11.3 Å². The molecule has 0 atom stereocenters. The standard InChI is InChI=1S/C24H27N3O3S/c1-5-8-17-11-13-18(14-12-17)22-16(2)31-24(25-22)26-23(29)19-9-6-7-10-20(19)30-15-21(28)27(3)4/h6-7,9-14H,5,8,15H2,1-4H3,(H,25,26,29). The number of nitrogens with one attached hydrogen (secondary N) is 1. The average molecular weight is 438 g/mol. The van der Waals surface area contributed by atoms with E-state index in [1.54, 1.807) is 38.4 Å². The second-order valence-electron chi connectivity index (χ2n) is 7.40. The molecule has 2 aromatic carbocycles. The molecular formula is C24H27N3O3S. The summed E-state index contributed by atoms with van der Waals surface area (Å²) in [6, 6.07) is 15.3. The number of carbonyl (C=O) groups excluding carboxylic acids is 2. The number of thiazole rings is 1. The SMILES string of the molecule is CCCc1ccc(-c2nc(NC(=O)c3ccccc3OCC(=O)N(C)C)sc2C)cc1. The molecule has 0 spiro atoms. The van der Waals surface area contributed by atoms with Gasteiger partial charge in [-0.2, -0.15) is 0 Å². The van der Waals surface area contributed by atoms with Crippen molar-refractivity contribution in [1.82, 2.24) is 9.88 Å². The number of amides is 2. The molecule has 162 valence electrons. The molecule has 2 amide bonds. The summed E-state index contributed by atoms with van der Waals surface area (Å²) in [7, 11) is 3.31. The first-order valence-corrected chi connectivity index (χ1v) is 11.0. The van der Waals surface area contributed by atoms with E-state index in [9.17, 15) is 9.59 Å². The van der Waals surface area contributed by atoms with Gasteiger partial charge in [-0.05, 0) is 31.0 Å². The molecule has 0 radical (unpaired) electrons. The van der Waals surface area contributed by atoms with Crippen molar-refractivity contribution in [3.05, 3.63) is 64.5 Å². The molecule has 7 heteroatoms. The highest BCUT2D eigenvalue weighted by atomic mass is 32.1. The van der Waals surface area contributed by atoms with Crippen LogP contribution < -0.4 is 10.1 Å². The number of hydrogen-bond donors (Lipinski definition) is 1. The van der Waals surface area contributed by atoms with Crippen molar-refractivity contribution in [2.45, 2.75) is 26.7 Å². The minimum absolute atomic E-state index is 0.133. The van der Waals surface area contributed by atoms with Gasteiger partial charge < -0.3 is 9.64 Å². The van der Waals surface area contributed by atoms with E-state index in [-0.39, 0.29) is 18.4 Å². The van der Waals surface area contributed by atoms with Gasteiger partial charge in [0.2, 0.25) is 0 Å². The molecule has 0 aliphatic heterocycles. The predicted octanol–water partition coefficient (Wildman–Crippen LogP) is 4.79. The number of nitrogens with zero attached hydrogens (tertiary/aromatic N) is 2. The van der Waals surface area contributed by atoms with E-state index in [0.717, 1.165) is 29.0 Å². The summed E-state index contributed by atoms with van der Waals surface area (Å²) in [5.74, 6) is -0.151. The molecule has 1 aromatic heterocycles. The number of benzene rings is 2. The highest BCUT2D eigenvalue weighted by molar-refractivity contribution is 7.16. The first kappa shape index (κ1) is 22.5. The Hall–Kier alpha value is -3.19. The zero-order valence-electron chi connectivity index (χ0n) is 18.3. The Morgan fingerprint density at radius 1 is 1.10 bits per heavy atom. The van der Waals surface area contributed by atoms with Gasteiger partial charge in [0.05, 0.1) is 11.3 Å². The lowest BCUT2D eigenvalue weighted by Crippen LogP contribution is -2.28. The maximum absolute atomic E-state index is 12.9. The summed E-state index contributed by atoms with van der Waals surface area (Å²) in [5, 5.41) is 3.39. The molecule has 0 saturated carbocycles. The average Bonchev–Trinajstić information content (AvgIpc) is 3.12. The second-order valence-corrected chi connectivity index (χ2v) is 8.60. The number of ether oxygens (including phenoxy) is 1. The Morgan fingerprint density at radius 2 is 1.81 bits per heavy atom. The molecule has 1 N–H and O–H groups in total. The number of aromatic nitrogens is 1. The molecule has 1 heterocycles. The van der Waals surface area contributed by atoms with Gasteiger partial charge in [-0.25, -0.2) is 4.98 Å². The molecule has 3 rings (SSSR count). The highest BCUT2D eigenvalue weighted by Crippen LogP contribution is 2.31. The van der Waals surface area contributed by atoms with Gasteiger partial charge in [0.25, 0.3) is 11.8 Å². The van der Waals surface area contributed by atoms with Gasteiger partial charge in [-0.1, -0.05) is 49.7 Å². The predicted molar refractivity (Wildman–Crippen MR) is 125 cm³/mol. The van der Waals surface area contributed by atoms with E-state index in [4.69, 9.17) is 4.74 Å². The fraction of sp³-hybridized carbons (Fsp3) is 0.292. The van der Waals surface area contributed by atoms with E-state index >= 15 is 0 Å². The van der Waals surface area contributed by atoms with E-state index in [1.165, 1.54) is 21.8 Å². The largest absolute Gasteiger partial charge is 0.483 e. The Labute approximate surface area is 186 Å². The fourth-order valence-corrected chi connectivity index (χ4v) is 3.88. The number of hydrogen-bond acceptors (Lipinski definition) is 5. The number of rotatable bonds is 8. The van der Waals surface area contributed by atoms with Crippen LogP contribution in [0.1, 0.15) is 34.1 Å². The molecule has 0 aliphatic carbocycles. The number of anilines is 1. The normalized spacial score (nSPS) is 10.6. The van der Waals surface area contributed by atoms with Crippen LogP contribution in [0.25, 0.3) is 11.3 Å². The first-order valence-electron chi connectivity index (χ1n) is 10.2. The quantitative estimate of drug-likeness (QED) is 0.550. The van der Waals surface area contributed by atoms with E-state index < -0.39 is 0 Å². The van der Waals surface area contributed by atoms with Crippen molar-refractivity contribution in [3.63, 3.8) is 0 Å². The molecule has 0 fully saturated rings. The lowest BCUT2D eigenvalue weighted by atomic mass is 10.1. The minimum atomic E-state index is -0.327. The van der Waals surface area contributed by atoms with Crippen molar-refractivity contribution < 1.29 is 14.3 Å². The van der Waals surface area contributed by atoms with E-state index in [1.807, 2.05) is 6.92 Å². The van der Waals surface area contributed by atoms with Crippen molar-refractivity contribution in [1.29, 1.82) is 0 Å². The zero-order valence-corrected chi connectivity index (χ0v) is 19.1. The monoisotopic (exact) mass is 437 g/mol. The Kier molecular flexibility index (Phi) is 7.41. The van der Waals surface area contributed by atoms with Gasteiger partial charge in [-0.3, -0.25) is 14.9 Å². The third-order valence-corrected chi connectivity index (χ3v) is 5.65. The topological polar surface area (TPSA) is 71.5 Å². The molecule has 0 unspecified atom stereocenters. The van der Waals surface area contributed by atoms with Gasteiger partial charge in [-0.15, -0.1) is 11.3 Å². The van der Waals surface area contributed by atoms with Gasteiger partial charge >= 0.3 is 0 Å². The second kappa shape index (κ2) is 10.2.